The Balaban J connectivity index is 1.40. The summed E-state index contributed by atoms with van der Waals surface area (Å²) in [5.74, 6) is 0.832. The van der Waals surface area contributed by atoms with Gasteiger partial charge in [0.25, 0.3) is 0 Å². The lowest BCUT2D eigenvalue weighted by Crippen LogP contribution is -2.37. The Bertz CT molecular complexity index is 829. The molecule has 1 aromatic carbocycles. The number of aromatic nitrogens is 4. The van der Waals surface area contributed by atoms with E-state index in [1.165, 1.54) is 0 Å². The quantitative estimate of drug-likeness (QED) is 0.726. The van der Waals surface area contributed by atoms with Gasteiger partial charge in [0.1, 0.15) is 6.54 Å². The highest BCUT2D eigenvalue weighted by molar-refractivity contribution is 5.80. The molecular weight excluding hydrogens is 316 g/mol. The largest absolute Gasteiger partial charge is 0.339 e. The van der Waals surface area contributed by atoms with Gasteiger partial charge in [-0.1, -0.05) is 18.2 Å². The summed E-state index contributed by atoms with van der Waals surface area (Å²) in [6, 6.07) is 9.71. The maximum atomic E-state index is 12.7. The van der Waals surface area contributed by atoms with Crippen LogP contribution in [0.25, 0.3) is 10.9 Å². The third-order valence-electron chi connectivity index (χ3n) is 4.44. The van der Waals surface area contributed by atoms with E-state index in [9.17, 15) is 4.79 Å². The van der Waals surface area contributed by atoms with Crippen molar-refractivity contribution in [2.45, 2.75) is 13.0 Å². The van der Waals surface area contributed by atoms with Gasteiger partial charge in [0.2, 0.25) is 11.9 Å². The van der Waals surface area contributed by atoms with E-state index in [4.69, 9.17) is 0 Å². The first-order valence-corrected chi connectivity index (χ1v) is 8.51. The first-order chi connectivity index (χ1) is 12.3. The molecule has 2 aromatic heterocycles. The van der Waals surface area contributed by atoms with E-state index >= 15 is 0 Å². The van der Waals surface area contributed by atoms with Gasteiger partial charge < -0.3 is 9.80 Å². The van der Waals surface area contributed by atoms with Gasteiger partial charge in [0, 0.05) is 50.2 Å². The van der Waals surface area contributed by atoms with Gasteiger partial charge in [0.15, 0.2) is 0 Å². The van der Waals surface area contributed by atoms with Crippen LogP contribution in [0.15, 0.2) is 48.9 Å². The molecule has 0 bridgehead atoms. The molecule has 25 heavy (non-hydrogen) atoms. The number of rotatable bonds is 3. The maximum absolute atomic E-state index is 12.7. The highest BCUT2D eigenvalue weighted by Gasteiger charge is 2.20. The van der Waals surface area contributed by atoms with Gasteiger partial charge in [-0.15, -0.1) is 0 Å². The third kappa shape index (κ3) is 3.45. The molecule has 0 N–H and O–H groups in total. The Morgan fingerprint density at radius 2 is 1.84 bits per heavy atom. The first kappa shape index (κ1) is 15.6. The van der Waals surface area contributed by atoms with Gasteiger partial charge >= 0.3 is 0 Å². The van der Waals surface area contributed by atoms with Crippen molar-refractivity contribution in [1.82, 2.24) is 24.6 Å². The molecule has 7 heteroatoms. The molecule has 1 fully saturated rings. The van der Waals surface area contributed by atoms with E-state index < -0.39 is 0 Å². The molecule has 0 aliphatic carbocycles. The molecule has 3 aromatic rings. The standard InChI is InChI=1S/C18H20N6O/c25-17(14-24-13-15-5-1-2-6-16(15)21-24)22-9-4-10-23(12-11-22)18-19-7-3-8-20-18/h1-3,5-8,13H,4,9-12,14H2. The topological polar surface area (TPSA) is 67.2 Å². The summed E-state index contributed by atoms with van der Waals surface area (Å²) < 4.78 is 1.73. The fourth-order valence-corrected chi connectivity index (χ4v) is 3.16. The Kier molecular flexibility index (Phi) is 4.28. The number of anilines is 1. The molecule has 3 heterocycles. The first-order valence-electron chi connectivity index (χ1n) is 8.51. The second kappa shape index (κ2) is 6.88. The zero-order chi connectivity index (χ0) is 17.1. The van der Waals surface area contributed by atoms with Gasteiger partial charge in [0.05, 0.1) is 5.52 Å². The number of nitrogens with zero attached hydrogens (tertiary/aromatic N) is 6. The van der Waals surface area contributed by atoms with Crippen LogP contribution in [0.1, 0.15) is 6.42 Å². The number of hydrogen-bond donors (Lipinski definition) is 0. The van der Waals surface area contributed by atoms with Gasteiger partial charge in [-0.3, -0.25) is 9.48 Å². The van der Waals surface area contributed by atoms with Crippen LogP contribution in [0, 0.1) is 0 Å². The number of carbonyl (C=O) groups excluding carboxylic acids is 1. The van der Waals surface area contributed by atoms with Crippen LogP contribution >= 0.6 is 0 Å². The van der Waals surface area contributed by atoms with Crippen molar-refractivity contribution in [2.24, 2.45) is 0 Å². The Labute approximate surface area is 145 Å². The molecule has 0 unspecified atom stereocenters. The van der Waals surface area contributed by atoms with Crippen LogP contribution in [0.5, 0.6) is 0 Å². The van der Waals surface area contributed by atoms with Crippen LogP contribution in [-0.2, 0) is 11.3 Å². The molecule has 128 valence electrons. The van der Waals surface area contributed by atoms with E-state index in [0.717, 1.165) is 42.9 Å². The lowest BCUT2D eigenvalue weighted by atomic mass is 10.3. The van der Waals surface area contributed by atoms with E-state index in [0.29, 0.717) is 6.54 Å². The third-order valence-corrected chi connectivity index (χ3v) is 4.44. The minimum Gasteiger partial charge on any atom is -0.339 e. The highest BCUT2D eigenvalue weighted by Crippen LogP contribution is 2.13. The fraction of sp³-hybridized carbons (Fsp3) is 0.333. The average Bonchev–Trinajstić information content (AvgIpc) is 2.88. The number of amides is 1. The van der Waals surface area contributed by atoms with Crippen LogP contribution in [-0.4, -0.2) is 56.7 Å². The van der Waals surface area contributed by atoms with E-state index in [-0.39, 0.29) is 12.5 Å². The van der Waals surface area contributed by atoms with Gasteiger partial charge in [-0.25, -0.2) is 9.97 Å². The fourth-order valence-electron chi connectivity index (χ4n) is 3.16. The molecule has 7 nitrogen and oxygen atoms in total. The van der Waals surface area contributed by atoms with Crippen molar-refractivity contribution in [3.8, 4) is 0 Å². The molecule has 1 aliphatic heterocycles. The Morgan fingerprint density at radius 3 is 2.68 bits per heavy atom. The molecule has 1 aliphatic rings. The minimum absolute atomic E-state index is 0.101. The summed E-state index contributed by atoms with van der Waals surface area (Å²) in [5.41, 5.74) is 0.915. The number of hydrogen-bond acceptors (Lipinski definition) is 5. The van der Waals surface area contributed by atoms with Gasteiger partial charge in [-0.05, 0) is 18.6 Å². The second-order valence-electron chi connectivity index (χ2n) is 6.16. The lowest BCUT2D eigenvalue weighted by molar-refractivity contribution is -0.131. The normalized spacial score (nSPS) is 15.4. The molecule has 0 spiro atoms. The zero-order valence-electron chi connectivity index (χ0n) is 14.0. The average molecular weight is 336 g/mol. The molecule has 4 rings (SSSR count). The second-order valence-corrected chi connectivity index (χ2v) is 6.16. The van der Waals surface area contributed by atoms with Crippen molar-refractivity contribution in [3.05, 3.63) is 48.9 Å². The Hall–Kier alpha value is -2.96. The van der Waals surface area contributed by atoms with Gasteiger partial charge in [-0.2, -0.15) is 5.10 Å². The van der Waals surface area contributed by atoms with Crippen LogP contribution in [0.2, 0.25) is 0 Å². The summed E-state index contributed by atoms with van der Waals surface area (Å²) in [5, 5.41) is 5.53. The SMILES string of the molecule is O=C(Cn1cc2ccccc2n1)N1CCCN(c2ncccn2)CC1. The molecule has 0 radical (unpaired) electrons. The molecular formula is C18H20N6O. The van der Waals surface area contributed by atoms with Crippen molar-refractivity contribution in [1.29, 1.82) is 0 Å². The number of benzene rings is 1. The molecule has 0 saturated carbocycles. The van der Waals surface area contributed by atoms with Crippen molar-refractivity contribution in [2.75, 3.05) is 31.1 Å². The summed E-state index contributed by atoms with van der Waals surface area (Å²) in [6.45, 7) is 3.31. The predicted octanol–water partition coefficient (Wildman–Crippen LogP) is 1.57. The Morgan fingerprint density at radius 1 is 1.00 bits per heavy atom. The van der Waals surface area contributed by atoms with Crippen molar-refractivity contribution in [3.63, 3.8) is 0 Å². The van der Waals surface area contributed by atoms with E-state index in [1.807, 2.05) is 41.4 Å². The summed E-state index contributed by atoms with van der Waals surface area (Å²) in [7, 11) is 0. The van der Waals surface area contributed by atoms with Crippen LogP contribution in [0.4, 0.5) is 5.95 Å². The monoisotopic (exact) mass is 336 g/mol. The summed E-state index contributed by atoms with van der Waals surface area (Å²) in [4.78, 5) is 25.3. The summed E-state index contributed by atoms with van der Waals surface area (Å²) >= 11 is 0. The molecule has 0 atom stereocenters. The summed E-state index contributed by atoms with van der Waals surface area (Å²) in [6.07, 6.45) is 6.33. The minimum atomic E-state index is 0.101. The smallest absolute Gasteiger partial charge is 0.244 e. The number of fused-ring (bicyclic) bond motifs is 1. The van der Waals surface area contributed by atoms with Crippen LogP contribution in [0.3, 0.4) is 0 Å². The van der Waals surface area contributed by atoms with E-state index in [2.05, 4.69) is 20.0 Å². The van der Waals surface area contributed by atoms with Crippen molar-refractivity contribution >= 4 is 22.8 Å². The molecule has 1 saturated heterocycles. The van der Waals surface area contributed by atoms with Crippen LogP contribution < -0.4 is 4.90 Å². The molecule has 1 amide bonds. The zero-order valence-corrected chi connectivity index (χ0v) is 14.0. The highest BCUT2D eigenvalue weighted by atomic mass is 16.2. The lowest BCUT2D eigenvalue weighted by Gasteiger charge is -2.22. The number of carbonyl (C=O) groups is 1. The van der Waals surface area contributed by atoms with Crippen molar-refractivity contribution < 1.29 is 4.79 Å². The van der Waals surface area contributed by atoms with E-state index in [1.54, 1.807) is 17.1 Å². The predicted molar refractivity (Wildman–Crippen MR) is 95.2 cm³/mol. The maximum Gasteiger partial charge on any atom is 0.244 e.